The smallest absolute Gasteiger partial charge is 0.340 e. The summed E-state index contributed by atoms with van der Waals surface area (Å²) in [6.07, 6.45) is 6.11. The van der Waals surface area contributed by atoms with Crippen molar-refractivity contribution in [3.8, 4) is 5.75 Å². The molecule has 2 aliphatic rings. The highest BCUT2D eigenvalue weighted by Gasteiger charge is 2.29. The molecule has 2 aromatic rings. The monoisotopic (exact) mass is 467 g/mol. The van der Waals surface area contributed by atoms with Crippen molar-refractivity contribution < 1.29 is 18.7 Å². The van der Waals surface area contributed by atoms with Gasteiger partial charge in [0.15, 0.2) is 0 Å². The number of benzene rings is 2. The summed E-state index contributed by atoms with van der Waals surface area (Å²) in [6.45, 7) is 3.37. The first-order chi connectivity index (χ1) is 14.9. The lowest BCUT2D eigenvalue weighted by atomic mass is 10.0. The second-order valence-corrected chi connectivity index (χ2v) is 8.83. The number of halogens is 3. The molecule has 0 radical (unpaired) electrons. The Kier molecular flexibility index (Phi) is 8.58. The quantitative estimate of drug-likeness (QED) is 0.471. The van der Waals surface area contributed by atoms with E-state index < -0.39 is 11.8 Å². The summed E-state index contributed by atoms with van der Waals surface area (Å²) in [4.78, 5) is 13.8. The highest BCUT2D eigenvalue weighted by Crippen LogP contribution is 2.45. The van der Waals surface area contributed by atoms with E-state index >= 15 is 0 Å². The van der Waals surface area contributed by atoms with Crippen molar-refractivity contribution in [2.24, 2.45) is 0 Å². The van der Waals surface area contributed by atoms with Gasteiger partial charge in [0.1, 0.15) is 11.6 Å². The van der Waals surface area contributed by atoms with Crippen LogP contribution in [0.4, 0.5) is 4.39 Å². The molecule has 0 unspecified atom stereocenters. The summed E-state index contributed by atoms with van der Waals surface area (Å²) in [6, 6.07) is 8.57. The van der Waals surface area contributed by atoms with Crippen molar-refractivity contribution in [2.75, 3.05) is 27.3 Å². The number of esters is 1. The number of hydrogen-bond donors (Lipinski definition) is 0. The van der Waals surface area contributed by atoms with Crippen LogP contribution in [0.2, 0.25) is 10.0 Å². The Morgan fingerprint density at radius 3 is 2.23 bits per heavy atom. The topological polar surface area (TPSA) is 38.8 Å². The zero-order valence-electron chi connectivity index (χ0n) is 17.9. The molecule has 7 heteroatoms. The summed E-state index contributed by atoms with van der Waals surface area (Å²) in [5, 5.41) is 1.46. The van der Waals surface area contributed by atoms with Gasteiger partial charge in [-0.25, -0.2) is 9.18 Å². The molecule has 1 aliphatic heterocycles. The van der Waals surface area contributed by atoms with Gasteiger partial charge in [-0.1, -0.05) is 29.6 Å². The average Bonchev–Trinajstić information content (AvgIpc) is 3.58. The molecule has 168 valence electrons. The van der Waals surface area contributed by atoms with Crippen LogP contribution in [0.15, 0.2) is 30.3 Å². The standard InChI is InChI=1S/C12H15Cl2N.C12H13FO3/c13-11-6-10(7-12(14)8-11)9-15-4-2-1-3-5-15;1-15-11-6-10(13)9(12(14)16-2)5-8(11)7-3-4-7/h6-8H,1-5,9H2;5-7H,3-4H2,1-2H3. The Labute approximate surface area is 193 Å². The Morgan fingerprint density at radius 1 is 1.03 bits per heavy atom. The maximum Gasteiger partial charge on any atom is 0.340 e. The van der Waals surface area contributed by atoms with Gasteiger partial charge in [-0.2, -0.15) is 0 Å². The highest BCUT2D eigenvalue weighted by molar-refractivity contribution is 6.34. The van der Waals surface area contributed by atoms with E-state index in [0.717, 1.165) is 35.0 Å². The molecule has 0 N–H and O–H groups in total. The molecule has 1 saturated carbocycles. The summed E-state index contributed by atoms with van der Waals surface area (Å²) in [5.74, 6) is -0.359. The van der Waals surface area contributed by atoms with E-state index in [-0.39, 0.29) is 5.56 Å². The van der Waals surface area contributed by atoms with Crippen LogP contribution in [-0.4, -0.2) is 38.2 Å². The highest BCUT2D eigenvalue weighted by atomic mass is 35.5. The van der Waals surface area contributed by atoms with Crippen molar-refractivity contribution >= 4 is 29.2 Å². The summed E-state index contributed by atoms with van der Waals surface area (Å²) < 4.78 is 23.2. The van der Waals surface area contributed by atoms with Crippen LogP contribution in [0.5, 0.6) is 5.75 Å². The van der Waals surface area contributed by atoms with Gasteiger partial charge in [0, 0.05) is 22.7 Å². The second kappa shape index (κ2) is 11.2. The molecule has 2 aromatic carbocycles. The third kappa shape index (κ3) is 6.83. The first kappa shape index (κ1) is 23.8. The Hall–Kier alpha value is -1.82. The minimum atomic E-state index is -0.651. The van der Waals surface area contributed by atoms with E-state index in [1.807, 2.05) is 12.1 Å². The first-order valence-corrected chi connectivity index (χ1v) is 11.3. The average molecular weight is 468 g/mol. The van der Waals surface area contributed by atoms with E-state index in [1.165, 1.54) is 64.3 Å². The number of carbonyl (C=O) groups excluding carboxylic acids is 1. The lowest BCUT2D eigenvalue weighted by Crippen LogP contribution is -2.29. The number of carbonyl (C=O) groups is 1. The van der Waals surface area contributed by atoms with Crippen LogP contribution < -0.4 is 4.74 Å². The lowest BCUT2D eigenvalue weighted by molar-refractivity contribution is 0.0595. The molecule has 0 bridgehead atoms. The van der Waals surface area contributed by atoms with Crippen molar-refractivity contribution in [3.05, 3.63) is 62.9 Å². The number of piperidine rings is 1. The molecular formula is C24H28Cl2FNO3. The Bertz CT molecular complexity index is 892. The number of ether oxygens (including phenoxy) is 2. The summed E-state index contributed by atoms with van der Waals surface area (Å²) >= 11 is 11.9. The van der Waals surface area contributed by atoms with Crippen LogP contribution in [-0.2, 0) is 11.3 Å². The van der Waals surface area contributed by atoms with Crippen molar-refractivity contribution in [2.45, 2.75) is 44.6 Å². The maximum atomic E-state index is 13.6. The Balaban J connectivity index is 0.000000176. The van der Waals surface area contributed by atoms with Crippen molar-refractivity contribution in [1.82, 2.24) is 4.90 Å². The molecule has 0 amide bonds. The molecular weight excluding hydrogens is 440 g/mol. The fraction of sp³-hybridized carbons (Fsp3) is 0.458. The molecule has 0 aromatic heterocycles. The second-order valence-electron chi connectivity index (χ2n) is 7.95. The number of rotatable bonds is 5. The third-order valence-corrected chi connectivity index (χ3v) is 5.96. The largest absolute Gasteiger partial charge is 0.496 e. The van der Waals surface area contributed by atoms with Gasteiger partial charge in [0.25, 0.3) is 0 Å². The Morgan fingerprint density at radius 2 is 1.68 bits per heavy atom. The summed E-state index contributed by atoms with van der Waals surface area (Å²) in [5.41, 5.74) is 2.09. The van der Waals surface area contributed by atoms with Gasteiger partial charge in [-0.15, -0.1) is 0 Å². The van der Waals surface area contributed by atoms with Gasteiger partial charge in [0.05, 0.1) is 19.8 Å². The summed E-state index contributed by atoms with van der Waals surface area (Å²) in [7, 11) is 2.74. The van der Waals surface area contributed by atoms with Crippen LogP contribution >= 0.6 is 23.2 Å². The zero-order chi connectivity index (χ0) is 22.4. The number of nitrogens with zero attached hydrogens (tertiary/aromatic N) is 1. The molecule has 1 saturated heterocycles. The normalized spacial score (nSPS) is 16.3. The molecule has 4 nitrogen and oxygen atoms in total. The van der Waals surface area contributed by atoms with E-state index in [1.54, 1.807) is 6.07 Å². The molecule has 2 fully saturated rings. The van der Waals surface area contributed by atoms with Crippen LogP contribution in [0.25, 0.3) is 0 Å². The fourth-order valence-electron chi connectivity index (χ4n) is 3.81. The molecule has 1 aliphatic carbocycles. The van der Waals surface area contributed by atoms with E-state index in [2.05, 4.69) is 9.64 Å². The van der Waals surface area contributed by atoms with Gasteiger partial charge < -0.3 is 9.47 Å². The van der Waals surface area contributed by atoms with Crippen molar-refractivity contribution in [3.63, 3.8) is 0 Å². The third-order valence-electron chi connectivity index (χ3n) is 5.52. The molecule has 0 atom stereocenters. The van der Waals surface area contributed by atoms with Gasteiger partial charge in [-0.05, 0) is 80.1 Å². The first-order valence-electron chi connectivity index (χ1n) is 10.5. The zero-order valence-corrected chi connectivity index (χ0v) is 19.4. The van der Waals surface area contributed by atoms with Gasteiger partial charge in [0.2, 0.25) is 0 Å². The minimum Gasteiger partial charge on any atom is -0.496 e. The molecule has 1 heterocycles. The lowest BCUT2D eigenvalue weighted by Gasteiger charge is -2.26. The van der Waals surface area contributed by atoms with E-state index in [9.17, 15) is 9.18 Å². The SMILES string of the molecule is COC(=O)c1cc(C2CC2)c(OC)cc1F.Clc1cc(Cl)cc(CN2CCCCC2)c1. The maximum absolute atomic E-state index is 13.6. The number of methoxy groups -OCH3 is 2. The van der Waals surface area contributed by atoms with Gasteiger partial charge >= 0.3 is 5.97 Å². The molecule has 0 spiro atoms. The minimum absolute atomic E-state index is 0.0230. The predicted molar refractivity (Wildman–Crippen MR) is 122 cm³/mol. The molecule has 4 rings (SSSR count). The van der Waals surface area contributed by atoms with Crippen LogP contribution in [0, 0.1) is 5.82 Å². The predicted octanol–water partition coefficient (Wildman–Crippen LogP) is 6.48. The number of hydrogen-bond acceptors (Lipinski definition) is 4. The van der Waals surface area contributed by atoms with E-state index in [0.29, 0.717) is 11.7 Å². The van der Waals surface area contributed by atoms with Crippen LogP contribution in [0.3, 0.4) is 0 Å². The van der Waals surface area contributed by atoms with E-state index in [4.69, 9.17) is 27.9 Å². The number of likely N-dealkylation sites (tertiary alicyclic amines) is 1. The van der Waals surface area contributed by atoms with Crippen molar-refractivity contribution in [1.29, 1.82) is 0 Å². The fourth-order valence-corrected chi connectivity index (χ4v) is 4.38. The van der Waals surface area contributed by atoms with Crippen LogP contribution in [0.1, 0.15) is 59.5 Å². The molecule has 31 heavy (non-hydrogen) atoms. The van der Waals surface area contributed by atoms with Gasteiger partial charge in [-0.3, -0.25) is 4.90 Å².